The van der Waals surface area contributed by atoms with Crippen molar-refractivity contribution in [1.29, 1.82) is 5.26 Å². The number of rotatable bonds is 4. The van der Waals surface area contributed by atoms with Crippen molar-refractivity contribution in [3.63, 3.8) is 0 Å². The predicted octanol–water partition coefficient (Wildman–Crippen LogP) is 3.12. The second-order valence-electron chi connectivity index (χ2n) is 7.23. The highest BCUT2D eigenvalue weighted by molar-refractivity contribution is 5.57. The van der Waals surface area contributed by atoms with Gasteiger partial charge in [-0.25, -0.2) is 0 Å². The Morgan fingerprint density at radius 3 is 2.52 bits per heavy atom. The molecule has 0 spiro atoms. The standard InChI is InChI=1S/C23H19N4O4/c1-14-11-19-21(23(28)26(14)13-15-5-3-2-4-6-15)20(18(12-24)22(25)31-19)16-7-9-17(10-8-16)27(29)30/h2-11,20,29H,13,25H2,1H3/q-1/t20-/m1/s1. The largest absolute Gasteiger partial charge is 0.733 e. The van der Waals surface area contributed by atoms with Crippen molar-refractivity contribution in [2.24, 2.45) is 5.73 Å². The molecule has 31 heavy (non-hydrogen) atoms. The van der Waals surface area contributed by atoms with Crippen LogP contribution in [0.5, 0.6) is 5.75 Å². The van der Waals surface area contributed by atoms with E-state index in [4.69, 9.17) is 15.7 Å². The van der Waals surface area contributed by atoms with E-state index in [0.717, 1.165) is 5.56 Å². The minimum Gasteiger partial charge on any atom is -0.733 e. The normalized spacial score (nSPS) is 15.1. The Labute approximate surface area is 178 Å². The van der Waals surface area contributed by atoms with Gasteiger partial charge < -0.3 is 25.5 Å². The fraction of sp³-hybridized carbons (Fsp3) is 0.130. The average molecular weight is 415 g/mol. The summed E-state index contributed by atoms with van der Waals surface area (Å²) in [5, 5.41) is 29.7. The number of hydrogen-bond acceptors (Lipinski definition) is 7. The van der Waals surface area contributed by atoms with Gasteiger partial charge >= 0.3 is 0 Å². The lowest BCUT2D eigenvalue weighted by Crippen LogP contribution is -2.33. The first-order valence-electron chi connectivity index (χ1n) is 9.52. The van der Waals surface area contributed by atoms with Crippen molar-refractivity contribution in [3.05, 3.63) is 110 Å². The molecule has 8 heteroatoms. The van der Waals surface area contributed by atoms with Gasteiger partial charge in [-0.2, -0.15) is 5.26 Å². The minimum absolute atomic E-state index is 0.0249. The van der Waals surface area contributed by atoms with E-state index >= 15 is 0 Å². The molecule has 2 aromatic carbocycles. The third kappa shape index (κ3) is 3.64. The van der Waals surface area contributed by atoms with E-state index < -0.39 is 5.92 Å². The first kappa shape index (κ1) is 20.2. The zero-order valence-corrected chi connectivity index (χ0v) is 16.6. The van der Waals surface area contributed by atoms with E-state index in [1.165, 1.54) is 12.1 Å². The molecule has 8 nitrogen and oxygen atoms in total. The van der Waals surface area contributed by atoms with E-state index in [9.17, 15) is 15.3 Å². The highest BCUT2D eigenvalue weighted by Gasteiger charge is 2.34. The molecule has 4 rings (SSSR count). The topological polar surface area (TPSA) is 128 Å². The molecule has 1 atom stereocenters. The molecule has 0 amide bonds. The van der Waals surface area contributed by atoms with Crippen LogP contribution in [0.2, 0.25) is 0 Å². The van der Waals surface area contributed by atoms with Crippen LogP contribution < -0.4 is 21.3 Å². The zero-order chi connectivity index (χ0) is 22.1. The highest BCUT2D eigenvalue weighted by atomic mass is 16.8. The van der Waals surface area contributed by atoms with E-state index in [2.05, 4.69) is 6.07 Å². The van der Waals surface area contributed by atoms with Gasteiger partial charge in [-0.1, -0.05) is 42.5 Å². The van der Waals surface area contributed by atoms with Gasteiger partial charge in [0.2, 0.25) is 5.88 Å². The summed E-state index contributed by atoms with van der Waals surface area (Å²) in [6.45, 7) is 2.17. The second kappa shape index (κ2) is 7.99. The summed E-state index contributed by atoms with van der Waals surface area (Å²) in [7, 11) is 0. The quantitative estimate of drug-likeness (QED) is 0.627. The summed E-state index contributed by atoms with van der Waals surface area (Å²) in [6, 6.07) is 19.3. The number of hydrogen-bond donors (Lipinski definition) is 2. The fourth-order valence-corrected chi connectivity index (χ4v) is 3.78. The number of aryl methyl sites for hydroxylation is 1. The lowest BCUT2D eigenvalue weighted by Gasteiger charge is -2.28. The van der Waals surface area contributed by atoms with Crippen LogP contribution in [0.3, 0.4) is 0 Å². The maximum absolute atomic E-state index is 13.6. The summed E-state index contributed by atoms with van der Waals surface area (Å²) in [4.78, 5) is 13.6. The third-order valence-electron chi connectivity index (χ3n) is 5.32. The number of aromatic nitrogens is 1. The molecular weight excluding hydrogens is 396 g/mol. The molecule has 0 radical (unpaired) electrons. The van der Waals surface area contributed by atoms with E-state index in [1.54, 1.807) is 22.8 Å². The molecule has 1 aliphatic rings. The molecule has 3 N–H and O–H groups in total. The molecule has 0 aliphatic carbocycles. The predicted molar refractivity (Wildman–Crippen MR) is 114 cm³/mol. The number of anilines is 1. The monoisotopic (exact) mass is 415 g/mol. The molecule has 0 saturated heterocycles. The SMILES string of the molecule is Cc1cc2c(c(=O)n1Cc1ccccc1)[C@H](c1ccc(N([O-])O)cc1)C(C#N)=C(N)O2. The van der Waals surface area contributed by atoms with Crippen molar-refractivity contribution in [1.82, 2.24) is 4.57 Å². The number of benzene rings is 2. The Morgan fingerprint density at radius 1 is 1.23 bits per heavy atom. The summed E-state index contributed by atoms with van der Waals surface area (Å²) in [5.74, 6) is -0.544. The molecule has 0 unspecified atom stereocenters. The van der Waals surface area contributed by atoms with Crippen molar-refractivity contribution < 1.29 is 9.94 Å². The van der Waals surface area contributed by atoms with Crippen molar-refractivity contribution in [2.45, 2.75) is 19.4 Å². The van der Waals surface area contributed by atoms with Crippen LogP contribution in [0.4, 0.5) is 5.69 Å². The highest BCUT2D eigenvalue weighted by Crippen LogP contribution is 2.40. The number of nitriles is 1. The Morgan fingerprint density at radius 2 is 1.90 bits per heavy atom. The van der Waals surface area contributed by atoms with Gasteiger partial charge in [-0.15, -0.1) is 0 Å². The van der Waals surface area contributed by atoms with Gasteiger partial charge in [0.1, 0.15) is 17.4 Å². The van der Waals surface area contributed by atoms with Crippen LogP contribution in [0.1, 0.15) is 28.3 Å². The van der Waals surface area contributed by atoms with Crippen LogP contribution in [0.15, 0.2) is 76.9 Å². The first-order chi connectivity index (χ1) is 14.9. The van der Waals surface area contributed by atoms with Gasteiger partial charge in [0, 0.05) is 11.8 Å². The van der Waals surface area contributed by atoms with Crippen LogP contribution >= 0.6 is 0 Å². The molecule has 0 bridgehead atoms. The van der Waals surface area contributed by atoms with Crippen LogP contribution in [0, 0.1) is 23.5 Å². The van der Waals surface area contributed by atoms with E-state index in [0.29, 0.717) is 29.1 Å². The summed E-state index contributed by atoms with van der Waals surface area (Å²) >= 11 is 0. The summed E-state index contributed by atoms with van der Waals surface area (Å²) in [5.41, 5.74) is 8.36. The number of allylic oxidation sites excluding steroid dienone is 1. The van der Waals surface area contributed by atoms with Gasteiger partial charge in [0.25, 0.3) is 5.56 Å². The molecule has 0 fully saturated rings. The Hall–Kier alpha value is -4.06. The van der Waals surface area contributed by atoms with Crippen LogP contribution in [-0.2, 0) is 6.54 Å². The maximum atomic E-state index is 13.6. The van der Waals surface area contributed by atoms with Gasteiger partial charge in [-0.3, -0.25) is 10.0 Å². The number of ether oxygens (including phenoxy) is 1. The van der Waals surface area contributed by atoms with Gasteiger partial charge in [0.05, 0.1) is 23.7 Å². The molecule has 1 aromatic heterocycles. The third-order valence-corrected chi connectivity index (χ3v) is 5.32. The maximum Gasteiger partial charge on any atom is 0.259 e. The summed E-state index contributed by atoms with van der Waals surface area (Å²) < 4.78 is 7.27. The minimum atomic E-state index is -0.767. The molecule has 2 heterocycles. The van der Waals surface area contributed by atoms with Crippen molar-refractivity contribution in [2.75, 3.05) is 5.23 Å². The Balaban J connectivity index is 1.89. The van der Waals surface area contributed by atoms with Gasteiger partial charge in [0.15, 0.2) is 0 Å². The zero-order valence-electron chi connectivity index (χ0n) is 16.6. The lowest BCUT2D eigenvalue weighted by molar-refractivity contribution is 0.296. The number of fused-ring (bicyclic) bond motifs is 1. The number of nitrogens with zero attached hydrogens (tertiary/aromatic N) is 3. The molecule has 1 aliphatic heterocycles. The van der Waals surface area contributed by atoms with Gasteiger partial charge in [-0.05, 0) is 30.2 Å². The fourth-order valence-electron chi connectivity index (χ4n) is 3.78. The van der Waals surface area contributed by atoms with E-state index in [-0.39, 0.29) is 27.9 Å². The van der Waals surface area contributed by atoms with Crippen LogP contribution in [-0.4, -0.2) is 9.77 Å². The lowest BCUT2D eigenvalue weighted by atomic mass is 9.84. The second-order valence-corrected chi connectivity index (χ2v) is 7.23. The van der Waals surface area contributed by atoms with Crippen LogP contribution in [0.25, 0.3) is 0 Å². The first-order valence-corrected chi connectivity index (χ1v) is 9.52. The summed E-state index contributed by atoms with van der Waals surface area (Å²) in [6.07, 6.45) is 0. The molecule has 156 valence electrons. The Kier molecular flexibility index (Phi) is 5.21. The molecule has 3 aromatic rings. The van der Waals surface area contributed by atoms with E-state index in [1.807, 2.05) is 37.3 Å². The van der Waals surface area contributed by atoms with Crippen molar-refractivity contribution in [3.8, 4) is 11.8 Å². The van der Waals surface area contributed by atoms with Crippen molar-refractivity contribution >= 4 is 5.69 Å². The number of nitrogens with two attached hydrogens (primary N) is 1. The smallest absolute Gasteiger partial charge is 0.259 e. The average Bonchev–Trinajstić information content (AvgIpc) is 2.76. The molecular formula is C23H19N4O4-. The Bertz CT molecular complexity index is 1260. The number of pyridine rings is 1. The molecule has 0 saturated carbocycles.